The highest BCUT2D eigenvalue weighted by Gasteiger charge is 2.21. The van der Waals surface area contributed by atoms with Crippen LogP contribution in [-0.4, -0.2) is 29.0 Å². The smallest absolute Gasteiger partial charge is 0.328 e. The quantitative estimate of drug-likeness (QED) is 0.166. The first-order chi connectivity index (χ1) is 18.7. The molecule has 0 bridgehead atoms. The van der Waals surface area contributed by atoms with Crippen LogP contribution in [0.3, 0.4) is 0 Å². The van der Waals surface area contributed by atoms with Crippen LogP contribution in [0.1, 0.15) is 47.8 Å². The number of halogens is 1. The number of unbranched alkanes of at least 4 members (excludes halogenated alkanes) is 2. The molecule has 1 heterocycles. The Morgan fingerprint density at radius 1 is 0.821 bits per heavy atom. The van der Waals surface area contributed by atoms with Crippen molar-refractivity contribution in [1.29, 1.82) is 0 Å². The van der Waals surface area contributed by atoms with Gasteiger partial charge in [0.15, 0.2) is 0 Å². The molecule has 0 aliphatic rings. The molecule has 0 radical (unpaired) electrons. The zero-order chi connectivity index (χ0) is 27.9. The minimum absolute atomic E-state index is 0.136. The normalized spacial score (nSPS) is 10.8. The highest BCUT2D eigenvalue weighted by molar-refractivity contribution is 6.42. The van der Waals surface area contributed by atoms with Crippen molar-refractivity contribution in [2.75, 3.05) is 22.7 Å². The molecular weight excluding hydrogens is 516 g/mol. The molecule has 0 unspecified atom stereocenters. The van der Waals surface area contributed by atoms with Gasteiger partial charge in [-0.3, -0.25) is 19.8 Å². The van der Waals surface area contributed by atoms with Gasteiger partial charge in [-0.15, -0.1) is 0 Å². The number of aromatic nitrogens is 1. The lowest BCUT2D eigenvalue weighted by Crippen LogP contribution is -2.36. The summed E-state index contributed by atoms with van der Waals surface area (Å²) in [5, 5.41) is 6.55. The van der Waals surface area contributed by atoms with E-state index in [0.717, 1.165) is 30.4 Å². The lowest BCUT2D eigenvalue weighted by Gasteiger charge is -2.13. The fourth-order valence-electron chi connectivity index (χ4n) is 4.23. The van der Waals surface area contributed by atoms with Crippen molar-refractivity contribution in [3.63, 3.8) is 0 Å². The van der Waals surface area contributed by atoms with Gasteiger partial charge in [0.1, 0.15) is 11.4 Å². The van der Waals surface area contributed by atoms with Gasteiger partial charge >= 0.3 is 11.8 Å². The number of ether oxygens (including phenoxy) is 1. The van der Waals surface area contributed by atoms with Gasteiger partial charge in [0.2, 0.25) is 0 Å². The van der Waals surface area contributed by atoms with Crippen LogP contribution in [0.2, 0.25) is 5.02 Å². The van der Waals surface area contributed by atoms with Crippen LogP contribution in [0, 0.1) is 13.8 Å². The van der Waals surface area contributed by atoms with Crippen LogP contribution < -0.4 is 20.8 Å². The average Bonchev–Trinajstić information content (AvgIpc) is 3.24. The third-order valence-corrected chi connectivity index (χ3v) is 6.26. The Bertz CT molecular complexity index is 1490. The predicted octanol–water partition coefficient (Wildman–Crippen LogP) is 6.44. The van der Waals surface area contributed by atoms with Crippen LogP contribution in [-0.2, 0) is 9.59 Å². The molecule has 0 saturated heterocycles. The second kappa shape index (κ2) is 12.5. The van der Waals surface area contributed by atoms with E-state index in [9.17, 15) is 14.4 Å². The summed E-state index contributed by atoms with van der Waals surface area (Å²) < 4.78 is 6.97. The molecular formula is C30H31ClN4O4. The Hall–Kier alpha value is -4.30. The van der Waals surface area contributed by atoms with Gasteiger partial charge in [-0.25, -0.2) is 4.68 Å². The van der Waals surface area contributed by atoms with Crippen molar-refractivity contribution < 1.29 is 19.1 Å². The van der Waals surface area contributed by atoms with Gasteiger partial charge in [-0.2, -0.15) is 0 Å². The molecule has 0 atom stereocenters. The first kappa shape index (κ1) is 27.7. The maximum atomic E-state index is 13.3. The zero-order valence-corrected chi connectivity index (χ0v) is 22.9. The summed E-state index contributed by atoms with van der Waals surface area (Å²) in [7, 11) is 0. The molecule has 4 aromatic rings. The van der Waals surface area contributed by atoms with Crippen LogP contribution in [0.5, 0.6) is 5.75 Å². The number of carbonyl (C=O) groups excluding carboxylic acids is 3. The lowest BCUT2D eigenvalue weighted by atomic mass is 10.1. The third-order valence-electron chi connectivity index (χ3n) is 6.02. The number of nitrogens with one attached hydrogen (secondary N) is 3. The first-order valence-corrected chi connectivity index (χ1v) is 13.2. The molecule has 1 aromatic heterocycles. The highest BCUT2D eigenvalue weighted by Crippen LogP contribution is 2.24. The first-order valence-electron chi connectivity index (χ1n) is 12.8. The standard InChI is InChI=1S/C30H31ClN4O4/c1-4-5-6-13-39-25-10-8-23(9-11-25)32-29(37)30(38)34-35-26-12-7-22(31)17-21(26)18-27(35)28(36)33-24-15-19(2)14-20(3)16-24/h7-12,14-18H,4-6,13H2,1-3H3,(H,32,37)(H,33,36)(H,34,38). The predicted molar refractivity (Wildman–Crippen MR) is 155 cm³/mol. The van der Waals surface area contributed by atoms with Crippen molar-refractivity contribution in [1.82, 2.24) is 4.68 Å². The molecule has 3 aromatic carbocycles. The van der Waals surface area contributed by atoms with Crippen LogP contribution >= 0.6 is 11.6 Å². The Kier molecular flexibility index (Phi) is 8.88. The minimum Gasteiger partial charge on any atom is -0.494 e. The number of fused-ring (bicyclic) bond motifs is 1. The summed E-state index contributed by atoms with van der Waals surface area (Å²) in [6, 6.07) is 19.1. The van der Waals surface area contributed by atoms with E-state index in [0.29, 0.717) is 39.7 Å². The van der Waals surface area contributed by atoms with E-state index in [1.54, 1.807) is 48.5 Å². The molecule has 9 heteroatoms. The number of hydrogen-bond donors (Lipinski definition) is 3. The molecule has 39 heavy (non-hydrogen) atoms. The lowest BCUT2D eigenvalue weighted by molar-refractivity contribution is -0.133. The number of amides is 3. The SMILES string of the molecule is CCCCCOc1ccc(NC(=O)C(=O)Nn2c(C(=O)Nc3cc(C)cc(C)c3)cc3cc(Cl)ccc32)cc1. The zero-order valence-electron chi connectivity index (χ0n) is 22.1. The second-order valence-corrected chi connectivity index (χ2v) is 9.81. The van der Waals surface area contributed by atoms with E-state index >= 15 is 0 Å². The molecule has 4 rings (SSSR count). The van der Waals surface area contributed by atoms with Crippen LogP contribution in [0.4, 0.5) is 11.4 Å². The molecule has 0 saturated carbocycles. The molecule has 0 fully saturated rings. The molecule has 0 aliphatic carbocycles. The summed E-state index contributed by atoms with van der Waals surface area (Å²) in [6.45, 7) is 6.63. The Labute approximate surface area is 232 Å². The maximum absolute atomic E-state index is 13.3. The Morgan fingerprint density at radius 3 is 2.23 bits per heavy atom. The van der Waals surface area contributed by atoms with Crippen LogP contribution in [0.25, 0.3) is 10.9 Å². The Morgan fingerprint density at radius 2 is 1.54 bits per heavy atom. The largest absolute Gasteiger partial charge is 0.494 e. The number of benzene rings is 3. The van der Waals surface area contributed by atoms with Crippen molar-refractivity contribution in [3.8, 4) is 5.75 Å². The van der Waals surface area contributed by atoms with Crippen molar-refractivity contribution in [2.24, 2.45) is 0 Å². The van der Waals surface area contributed by atoms with E-state index in [2.05, 4.69) is 23.0 Å². The summed E-state index contributed by atoms with van der Waals surface area (Å²) in [5.41, 5.74) is 6.25. The van der Waals surface area contributed by atoms with Crippen molar-refractivity contribution in [3.05, 3.63) is 88.6 Å². The van der Waals surface area contributed by atoms with Crippen molar-refractivity contribution >= 4 is 51.6 Å². The summed E-state index contributed by atoms with van der Waals surface area (Å²) in [6.07, 6.45) is 3.18. The van der Waals surface area contributed by atoms with E-state index in [1.165, 1.54) is 4.68 Å². The van der Waals surface area contributed by atoms with E-state index in [1.807, 2.05) is 32.0 Å². The fraction of sp³-hybridized carbons (Fsp3) is 0.233. The average molecular weight is 547 g/mol. The van der Waals surface area contributed by atoms with Gasteiger partial charge in [-0.1, -0.05) is 37.4 Å². The number of anilines is 2. The molecule has 3 N–H and O–H groups in total. The maximum Gasteiger partial charge on any atom is 0.328 e. The van der Waals surface area contributed by atoms with E-state index < -0.39 is 17.7 Å². The number of hydrogen-bond acceptors (Lipinski definition) is 4. The van der Waals surface area contributed by atoms with Gasteiger partial charge in [0.05, 0.1) is 12.1 Å². The number of rotatable bonds is 9. The van der Waals surface area contributed by atoms with E-state index in [4.69, 9.17) is 16.3 Å². The highest BCUT2D eigenvalue weighted by atomic mass is 35.5. The number of carbonyl (C=O) groups is 3. The van der Waals surface area contributed by atoms with Gasteiger partial charge in [0, 0.05) is 21.8 Å². The van der Waals surface area contributed by atoms with Crippen LogP contribution in [0.15, 0.2) is 66.7 Å². The van der Waals surface area contributed by atoms with Crippen molar-refractivity contribution in [2.45, 2.75) is 40.0 Å². The minimum atomic E-state index is -0.942. The molecule has 8 nitrogen and oxygen atoms in total. The summed E-state index contributed by atoms with van der Waals surface area (Å²) in [5.74, 6) is -1.60. The topological polar surface area (TPSA) is 101 Å². The van der Waals surface area contributed by atoms with E-state index in [-0.39, 0.29) is 5.69 Å². The fourth-order valence-corrected chi connectivity index (χ4v) is 4.41. The molecule has 3 amide bonds. The number of nitrogens with zero attached hydrogens (tertiary/aromatic N) is 1. The Balaban J connectivity index is 1.50. The monoisotopic (exact) mass is 546 g/mol. The van der Waals surface area contributed by atoms with Gasteiger partial charge in [-0.05, 0) is 92.1 Å². The summed E-state index contributed by atoms with van der Waals surface area (Å²) >= 11 is 6.15. The summed E-state index contributed by atoms with van der Waals surface area (Å²) in [4.78, 5) is 38.9. The number of aryl methyl sites for hydroxylation is 2. The van der Waals surface area contributed by atoms with Gasteiger partial charge < -0.3 is 15.4 Å². The second-order valence-electron chi connectivity index (χ2n) is 9.37. The van der Waals surface area contributed by atoms with Gasteiger partial charge in [0.25, 0.3) is 5.91 Å². The molecule has 202 valence electrons. The third kappa shape index (κ3) is 7.18. The molecule has 0 spiro atoms. The molecule has 0 aliphatic heterocycles.